The summed E-state index contributed by atoms with van der Waals surface area (Å²) in [5.41, 5.74) is 3.15. The minimum absolute atomic E-state index is 0. The van der Waals surface area contributed by atoms with Crippen LogP contribution in [0.2, 0.25) is 0 Å². The summed E-state index contributed by atoms with van der Waals surface area (Å²) in [6.45, 7) is 6.06. The molecule has 7 nitrogen and oxygen atoms in total. The first-order valence-corrected chi connectivity index (χ1v) is 12.0. The Morgan fingerprint density at radius 1 is 1.03 bits per heavy atom. The monoisotopic (exact) mass is 488 g/mol. The third-order valence-electron chi connectivity index (χ3n) is 5.87. The molecule has 0 N–H and O–H groups in total. The predicted octanol–water partition coefficient (Wildman–Crippen LogP) is 2.63. The highest BCUT2D eigenvalue weighted by Crippen LogP contribution is 2.32. The molecule has 1 aromatic heterocycles. The molecule has 1 aliphatic heterocycles. The van der Waals surface area contributed by atoms with Crippen LogP contribution in [0, 0.1) is 12.8 Å². The molecule has 0 atom stereocenters. The fraction of sp³-hybridized carbons (Fsp3) is 0.524. The molecule has 0 amide bonds. The molecule has 1 aromatic carbocycles. The number of halogens is 2. The molecule has 1 saturated carbocycles. The van der Waals surface area contributed by atoms with Gasteiger partial charge in [0.2, 0.25) is 0 Å². The third kappa shape index (κ3) is 5.61. The second kappa shape index (κ2) is 9.90. The number of anilines is 1. The van der Waals surface area contributed by atoms with Gasteiger partial charge in [-0.05, 0) is 44.9 Å². The van der Waals surface area contributed by atoms with Gasteiger partial charge in [-0.25, -0.2) is 13.1 Å². The highest BCUT2D eigenvalue weighted by molar-refractivity contribution is 7.90. The highest BCUT2D eigenvalue weighted by atomic mass is 35.5. The van der Waals surface area contributed by atoms with E-state index in [0.717, 1.165) is 61.5 Å². The van der Waals surface area contributed by atoms with Crippen molar-refractivity contribution in [2.45, 2.75) is 31.2 Å². The Bertz CT molecular complexity index is 1080. The number of likely N-dealkylation sites (N-methyl/N-ethyl adjacent to an activating group) is 1. The molecule has 0 unspecified atom stereocenters. The number of nitrogens with zero attached hydrogens (tertiary/aromatic N) is 4. The number of benzene rings is 1. The van der Waals surface area contributed by atoms with Crippen LogP contribution >= 0.6 is 24.8 Å². The lowest BCUT2D eigenvalue weighted by atomic mass is 10.1. The molecule has 1 saturated heterocycles. The second-order valence-electron chi connectivity index (χ2n) is 8.34. The summed E-state index contributed by atoms with van der Waals surface area (Å²) in [5.74, 6) is 0.531. The van der Waals surface area contributed by atoms with Gasteiger partial charge in [0.1, 0.15) is 5.69 Å². The first-order valence-electron chi connectivity index (χ1n) is 10.1. The Morgan fingerprint density at radius 2 is 1.61 bits per heavy atom. The summed E-state index contributed by atoms with van der Waals surface area (Å²) >= 11 is 0. The van der Waals surface area contributed by atoms with Crippen molar-refractivity contribution in [3.8, 4) is 11.3 Å². The smallest absolute Gasteiger partial charge is 0.290 e. The van der Waals surface area contributed by atoms with Gasteiger partial charge in [-0.15, -0.1) is 24.8 Å². The molecule has 2 heterocycles. The predicted molar refractivity (Wildman–Crippen MR) is 129 cm³/mol. The summed E-state index contributed by atoms with van der Waals surface area (Å²) in [5, 5.41) is 4.70. The van der Waals surface area contributed by atoms with Crippen LogP contribution in [0.3, 0.4) is 0 Å². The SMILES string of the molecule is Cc1c(-c2ccc(S(C)(=O)=O)cc2)nn(CC2CC2)c(=O)c1N1CCN(C)CC1.Cl.Cl. The van der Waals surface area contributed by atoms with Crippen LogP contribution in [0.4, 0.5) is 5.69 Å². The van der Waals surface area contributed by atoms with Crippen LogP contribution < -0.4 is 10.5 Å². The molecule has 0 spiro atoms. The van der Waals surface area contributed by atoms with Crippen molar-refractivity contribution in [3.63, 3.8) is 0 Å². The quantitative estimate of drug-likeness (QED) is 0.643. The van der Waals surface area contributed by atoms with Crippen molar-refractivity contribution in [1.82, 2.24) is 14.7 Å². The normalized spacial score (nSPS) is 17.1. The van der Waals surface area contributed by atoms with E-state index in [1.807, 2.05) is 6.92 Å². The van der Waals surface area contributed by atoms with E-state index >= 15 is 0 Å². The molecule has 1 aliphatic carbocycles. The molecule has 0 bridgehead atoms. The van der Waals surface area contributed by atoms with E-state index in [0.29, 0.717) is 12.5 Å². The Kier molecular flexibility index (Phi) is 8.19. The highest BCUT2D eigenvalue weighted by Gasteiger charge is 2.27. The second-order valence-corrected chi connectivity index (χ2v) is 10.4. The maximum atomic E-state index is 13.3. The third-order valence-corrected chi connectivity index (χ3v) is 7.00. The van der Waals surface area contributed by atoms with Gasteiger partial charge < -0.3 is 9.80 Å². The summed E-state index contributed by atoms with van der Waals surface area (Å²) in [6, 6.07) is 6.78. The molecule has 172 valence electrons. The van der Waals surface area contributed by atoms with E-state index in [1.165, 1.54) is 6.26 Å². The van der Waals surface area contributed by atoms with Crippen LogP contribution in [0.5, 0.6) is 0 Å². The lowest BCUT2D eigenvalue weighted by Crippen LogP contribution is -2.47. The zero-order chi connectivity index (χ0) is 20.8. The van der Waals surface area contributed by atoms with Gasteiger partial charge in [-0.1, -0.05) is 12.1 Å². The topological polar surface area (TPSA) is 75.5 Å². The lowest BCUT2D eigenvalue weighted by molar-refractivity contribution is 0.312. The molecular weight excluding hydrogens is 459 g/mol. The van der Waals surface area contributed by atoms with E-state index < -0.39 is 9.84 Å². The fourth-order valence-electron chi connectivity index (χ4n) is 3.84. The van der Waals surface area contributed by atoms with Crippen molar-refractivity contribution < 1.29 is 8.42 Å². The van der Waals surface area contributed by atoms with Gasteiger partial charge in [-0.2, -0.15) is 5.10 Å². The average Bonchev–Trinajstić information content (AvgIpc) is 3.49. The Balaban J connectivity index is 0.00000171. The molecule has 2 aliphatic rings. The van der Waals surface area contributed by atoms with Crippen LogP contribution in [0.1, 0.15) is 18.4 Å². The van der Waals surface area contributed by atoms with Gasteiger partial charge in [0.15, 0.2) is 9.84 Å². The van der Waals surface area contributed by atoms with Gasteiger partial charge in [0, 0.05) is 50.1 Å². The number of aromatic nitrogens is 2. The average molecular weight is 489 g/mol. The summed E-state index contributed by atoms with van der Waals surface area (Å²) in [7, 11) is -1.16. The molecule has 2 aromatic rings. The van der Waals surface area contributed by atoms with E-state index in [4.69, 9.17) is 5.10 Å². The Labute approximate surface area is 196 Å². The zero-order valence-electron chi connectivity index (χ0n) is 18.1. The van der Waals surface area contributed by atoms with E-state index in [1.54, 1.807) is 28.9 Å². The molecule has 10 heteroatoms. The number of rotatable bonds is 5. The fourth-order valence-corrected chi connectivity index (χ4v) is 4.47. The van der Waals surface area contributed by atoms with Crippen LogP contribution in [-0.4, -0.2) is 62.6 Å². The maximum absolute atomic E-state index is 13.3. The van der Waals surface area contributed by atoms with E-state index in [9.17, 15) is 13.2 Å². The summed E-state index contributed by atoms with van der Waals surface area (Å²) in [6.07, 6.45) is 3.49. The maximum Gasteiger partial charge on any atom is 0.290 e. The molecule has 0 radical (unpaired) electrons. The van der Waals surface area contributed by atoms with Crippen molar-refractivity contribution in [3.05, 3.63) is 40.2 Å². The first kappa shape index (κ1) is 25.6. The van der Waals surface area contributed by atoms with Crippen molar-refractivity contribution in [1.29, 1.82) is 0 Å². The molecule has 4 rings (SSSR count). The standard InChI is InChI=1S/C21H28N4O3S.2ClH/c1-15-19(17-6-8-18(9-7-17)29(3,27)28)22-25(14-16-4-5-16)21(26)20(15)24-12-10-23(2)11-13-24;;/h6-9,16H,4-5,10-14H2,1-3H3;2*1H. The number of piperazine rings is 1. The molecule has 2 fully saturated rings. The summed E-state index contributed by atoms with van der Waals surface area (Å²) in [4.78, 5) is 18.0. The van der Waals surface area contributed by atoms with Gasteiger partial charge in [-0.3, -0.25) is 4.79 Å². The number of sulfone groups is 1. The first-order chi connectivity index (χ1) is 13.7. The van der Waals surface area contributed by atoms with Crippen molar-refractivity contribution in [2.24, 2.45) is 5.92 Å². The molecular formula is C21H30Cl2N4O3S. The minimum atomic E-state index is -3.25. The number of hydrogen-bond acceptors (Lipinski definition) is 6. The number of hydrogen-bond donors (Lipinski definition) is 0. The minimum Gasteiger partial charge on any atom is -0.364 e. The summed E-state index contributed by atoms with van der Waals surface area (Å²) < 4.78 is 25.2. The van der Waals surface area contributed by atoms with Crippen LogP contribution in [-0.2, 0) is 16.4 Å². The van der Waals surface area contributed by atoms with E-state index in [2.05, 4.69) is 16.8 Å². The van der Waals surface area contributed by atoms with Gasteiger partial charge in [0.25, 0.3) is 5.56 Å². The Hall–Kier alpha value is -1.61. The van der Waals surface area contributed by atoms with Gasteiger partial charge in [0.05, 0.1) is 10.6 Å². The Morgan fingerprint density at radius 3 is 2.13 bits per heavy atom. The van der Waals surface area contributed by atoms with Crippen molar-refractivity contribution in [2.75, 3.05) is 44.4 Å². The van der Waals surface area contributed by atoms with Crippen molar-refractivity contribution >= 4 is 40.3 Å². The largest absolute Gasteiger partial charge is 0.364 e. The van der Waals surface area contributed by atoms with Gasteiger partial charge >= 0.3 is 0 Å². The van der Waals surface area contributed by atoms with Crippen LogP contribution in [0.15, 0.2) is 34.0 Å². The zero-order valence-corrected chi connectivity index (χ0v) is 20.5. The lowest BCUT2D eigenvalue weighted by Gasteiger charge is -2.34. The van der Waals surface area contributed by atoms with E-state index in [-0.39, 0.29) is 35.3 Å². The molecule has 31 heavy (non-hydrogen) atoms. The van der Waals surface area contributed by atoms with Crippen LogP contribution in [0.25, 0.3) is 11.3 Å².